The van der Waals surface area contributed by atoms with Gasteiger partial charge in [0.25, 0.3) is 0 Å². The van der Waals surface area contributed by atoms with Gasteiger partial charge >= 0.3 is 6.18 Å². The number of hydrogen-bond donors (Lipinski definition) is 0. The van der Waals surface area contributed by atoms with Crippen molar-refractivity contribution in [2.75, 3.05) is 11.9 Å². The molecule has 0 aliphatic carbocycles. The number of alkyl halides is 3. The second-order valence-corrected chi connectivity index (χ2v) is 5.26. The first kappa shape index (κ1) is 15.9. The smallest absolute Gasteiger partial charge is 0.416 e. The van der Waals surface area contributed by atoms with Crippen LogP contribution in [0, 0.1) is 18.3 Å². The number of nitriles is 1. The van der Waals surface area contributed by atoms with Crippen LogP contribution in [0.1, 0.15) is 17.0 Å². The highest BCUT2D eigenvalue weighted by Gasteiger charge is 2.30. The molecule has 0 N–H and O–H groups in total. The summed E-state index contributed by atoms with van der Waals surface area (Å²) in [5, 5.41) is 9.14. The molecule has 24 heavy (non-hydrogen) atoms. The Morgan fingerprint density at radius 2 is 1.79 bits per heavy atom. The number of nitrogens with zero attached hydrogens (tertiary/aromatic N) is 3. The first-order chi connectivity index (χ1) is 11.3. The van der Waals surface area contributed by atoms with Gasteiger partial charge in [0.2, 0.25) is 0 Å². The van der Waals surface area contributed by atoms with Gasteiger partial charge in [0.05, 0.1) is 16.8 Å². The highest BCUT2D eigenvalue weighted by molar-refractivity contribution is 5.93. The number of rotatable bonds is 2. The fourth-order valence-electron chi connectivity index (χ4n) is 2.47. The summed E-state index contributed by atoms with van der Waals surface area (Å²) >= 11 is 0. The zero-order valence-electron chi connectivity index (χ0n) is 12.8. The van der Waals surface area contributed by atoms with Gasteiger partial charge in [0.15, 0.2) is 11.5 Å². The monoisotopic (exact) mass is 331 g/mol. The number of aryl methyl sites for hydroxylation is 1. The minimum absolute atomic E-state index is 0.357. The van der Waals surface area contributed by atoms with Crippen molar-refractivity contribution >= 4 is 22.5 Å². The molecule has 0 spiro atoms. The SMILES string of the molecule is Cc1nc2c(N(C)c3ccc(C(F)(F)F)cc3)ccc(C#N)c2o1. The summed E-state index contributed by atoms with van der Waals surface area (Å²) in [6, 6.07) is 10.2. The maximum absolute atomic E-state index is 12.7. The van der Waals surface area contributed by atoms with E-state index in [4.69, 9.17) is 9.68 Å². The summed E-state index contributed by atoms with van der Waals surface area (Å²) in [5.41, 5.74) is 1.72. The van der Waals surface area contributed by atoms with Crippen molar-refractivity contribution in [3.05, 3.63) is 53.4 Å². The van der Waals surface area contributed by atoms with Gasteiger partial charge in [-0.3, -0.25) is 0 Å². The van der Waals surface area contributed by atoms with Crippen molar-refractivity contribution in [3.63, 3.8) is 0 Å². The highest BCUT2D eigenvalue weighted by atomic mass is 19.4. The van der Waals surface area contributed by atoms with E-state index in [1.807, 2.05) is 6.07 Å². The van der Waals surface area contributed by atoms with Gasteiger partial charge in [-0.25, -0.2) is 4.98 Å². The Morgan fingerprint density at radius 3 is 2.38 bits per heavy atom. The van der Waals surface area contributed by atoms with Crippen molar-refractivity contribution in [1.82, 2.24) is 4.98 Å². The number of benzene rings is 2. The van der Waals surface area contributed by atoms with Crippen molar-refractivity contribution < 1.29 is 17.6 Å². The average molecular weight is 331 g/mol. The molecule has 1 heterocycles. The number of fused-ring (bicyclic) bond motifs is 1. The van der Waals surface area contributed by atoms with E-state index in [0.29, 0.717) is 33.9 Å². The van der Waals surface area contributed by atoms with Crippen molar-refractivity contribution in [3.8, 4) is 6.07 Å². The van der Waals surface area contributed by atoms with E-state index in [1.54, 1.807) is 31.0 Å². The summed E-state index contributed by atoms with van der Waals surface area (Å²) in [7, 11) is 1.72. The zero-order valence-corrected chi connectivity index (χ0v) is 12.8. The quantitative estimate of drug-likeness (QED) is 0.677. The lowest BCUT2D eigenvalue weighted by Gasteiger charge is -2.20. The third-order valence-corrected chi connectivity index (χ3v) is 3.69. The van der Waals surface area contributed by atoms with Crippen LogP contribution in [0.15, 0.2) is 40.8 Å². The summed E-state index contributed by atoms with van der Waals surface area (Å²) in [5.74, 6) is 0.412. The van der Waals surface area contributed by atoms with E-state index in [-0.39, 0.29) is 0 Å². The van der Waals surface area contributed by atoms with Crippen molar-refractivity contribution in [2.24, 2.45) is 0 Å². The molecule has 0 aliphatic heterocycles. The topological polar surface area (TPSA) is 53.1 Å². The van der Waals surface area contributed by atoms with Crippen LogP contribution >= 0.6 is 0 Å². The van der Waals surface area contributed by atoms with Crippen molar-refractivity contribution in [2.45, 2.75) is 13.1 Å². The molecule has 4 nitrogen and oxygen atoms in total. The maximum Gasteiger partial charge on any atom is 0.416 e. The normalized spacial score (nSPS) is 11.5. The molecule has 122 valence electrons. The molecular weight excluding hydrogens is 319 g/mol. The Balaban J connectivity index is 2.06. The van der Waals surface area contributed by atoms with Gasteiger partial charge in [0.1, 0.15) is 11.6 Å². The van der Waals surface area contributed by atoms with E-state index in [9.17, 15) is 13.2 Å². The molecular formula is C17H12F3N3O. The lowest BCUT2D eigenvalue weighted by atomic mass is 10.1. The average Bonchev–Trinajstić information content (AvgIpc) is 2.94. The zero-order chi connectivity index (χ0) is 17.5. The van der Waals surface area contributed by atoms with Crippen LogP contribution in [0.3, 0.4) is 0 Å². The number of aromatic nitrogens is 1. The minimum Gasteiger partial charge on any atom is -0.440 e. The number of anilines is 2. The minimum atomic E-state index is -4.37. The molecule has 0 fully saturated rings. The molecule has 0 radical (unpaired) electrons. The first-order valence-electron chi connectivity index (χ1n) is 7.02. The Bertz CT molecular complexity index is 937. The molecule has 3 rings (SSSR count). The largest absolute Gasteiger partial charge is 0.440 e. The Hall–Kier alpha value is -3.01. The third kappa shape index (κ3) is 2.67. The van der Waals surface area contributed by atoms with Crippen LogP contribution in [-0.4, -0.2) is 12.0 Å². The van der Waals surface area contributed by atoms with Crippen molar-refractivity contribution in [1.29, 1.82) is 5.26 Å². The summed E-state index contributed by atoms with van der Waals surface area (Å²) < 4.78 is 43.5. The molecule has 0 amide bonds. The molecule has 0 saturated carbocycles. The van der Waals surface area contributed by atoms with Crippen LogP contribution in [-0.2, 0) is 6.18 Å². The van der Waals surface area contributed by atoms with Crippen LogP contribution in [0.5, 0.6) is 0 Å². The van der Waals surface area contributed by atoms with Crippen LogP contribution in [0.25, 0.3) is 11.1 Å². The second kappa shape index (κ2) is 5.57. The van der Waals surface area contributed by atoms with E-state index < -0.39 is 11.7 Å². The molecule has 0 atom stereocenters. The lowest BCUT2D eigenvalue weighted by molar-refractivity contribution is -0.137. The Labute approximate surface area is 135 Å². The highest BCUT2D eigenvalue weighted by Crippen LogP contribution is 2.35. The molecule has 0 aliphatic rings. The Kier molecular flexibility index (Phi) is 3.68. The molecule has 3 aromatic rings. The van der Waals surface area contributed by atoms with Crippen LogP contribution < -0.4 is 4.90 Å². The number of hydrogen-bond acceptors (Lipinski definition) is 4. The van der Waals surface area contributed by atoms with E-state index in [2.05, 4.69) is 4.98 Å². The second-order valence-electron chi connectivity index (χ2n) is 5.26. The molecule has 2 aromatic carbocycles. The molecule has 1 aromatic heterocycles. The first-order valence-corrected chi connectivity index (χ1v) is 7.02. The third-order valence-electron chi connectivity index (χ3n) is 3.69. The molecule has 7 heteroatoms. The fourth-order valence-corrected chi connectivity index (χ4v) is 2.47. The van der Waals surface area contributed by atoms with E-state index >= 15 is 0 Å². The fraction of sp³-hybridized carbons (Fsp3) is 0.176. The van der Waals surface area contributed by atoms with Gasteiger partial charge in [-0.1, -0.05) is 0 Å². The van der Waals surface area contributed by atoms with E-state index in [0.717, 1.165) is 12.1 Å². The lowest BCUT2D eigenvalue weighted by Crippen LogP contribution is -2.11. The van der Waals surface area contributed by atoms with Gasteiger partial charge < -0.3 is 9.32 Å². The predicted molar refractivity (Wildman–Crippen MR) is 83.0 cm³/mol. The van der Waals surface area contributed by atoms with E-state index in [1.165, 1.54) is 12.1 Å². The maximum atomic E-state index is 12.7. The molecule has 0 saturated heterocycles. The van der Waals surface area contributed by atoms with Crippen LogP contribution in [0.2, 0.25) is 0 Å². The molecule has 0 bridgehead atoms. The van der Waals surface area contributed by atoms with Gasteiger partial charge in [-0.05, 0) is 36.4 Å². The van der Waals surface area contributed by atoms with Crippen LogP contribution in [0.4, 0.5) is 24.5 Å². The number of oxazole rings is 1. The molecule has 0 unspecified atom stereocenters. The predicted octanol–water partition coefficient (Wildman–Crippen LogP) is 4.79. The van der Waals surface area contributed by atoms with Gasteiger partial charge in [0, 0.05) is 19.7 Å². The Morgan fingerprint density at radius 1 is 1.12 bits per heavy atom. The standard InChI is InChI=1S/C17H12F3N3O/c1-10-22-15-14(8-3-11(9-21)16(15)24-10)23(2)13-6-4-12(5-7-13)17(18,19)20/h3-8H,1-2H3. The summed E-state index contributed by atoms with van der Waals surface area (Å²) in [6.07, 6.45) is -4.37. The number of halogens is 3. The summed E-state index contributed by atoms with van der Waals surface area (Å²) in [4.78, 5) is 5.99. The van der Waals surface area contributed by atoms with Gasteiger partial charge in [-0.15, -0.1) is 0 Å². The summed E-state index contributed by atoms with van der Waals surface area (Å²) in [6.45, 7) is 1.67. The van der Waals surface area contributed by atoms with Gasteiger partial charge in [-0.2, -0.15) is 18.4 Å².